The Kier molecular flexibility index (Phi) is 5.05. The molecule has 0 spiro atoms. The van der Waals surface area contributed by atoms with E-state index in [2.05, 4.69) is 24.5 Å². The topological polar surface area (TPSA) is 41.1 Å². The van der Waals surface area contributed by atoms with Crippen LogP contribution in [0.5, 0.6) is 0 Å². The second kappa shape index (κ2) is 6.78. The van der Waals surface area contributed by atoms with E-state index in [0.29, 0.717) is 5.41 Å². The first-order valence-corrected chi connectivity index (χ1v) is 7.81. The maximum Gasteiger partial charge on any atom is 0.251 e. The van der Waals surface area contributed by atoms with E-state index in [4.69, 9.17) is 0 Å². The quantitative estimate of drug-likeness (QED) is 0.756. The average molecular weight is 274 g/mol. The van der Waals surface area contributed by atoms with E-state index in [-0.39, 0.29) is 5.91 Å². The lowest BCUT2D eigenvalue weighted by Gasteiger charge is -2.15. The molecule has 3 nitrogen and oxygen atoms in total. The largest absolute Gasteiger partial charge is 0.385 e. The summed E-state index contributed by atoms with van der Waals surface area (Å²) < 4.78 is 0. The number of nitrogens with one attached hydrogen (secondary N) is 2. The molecule has 1 aromatic rings. The van der Waals surface area contributed by atoms with Crippen LogP contribution in [0.15, 0.2) is 24.3 Å². The summed E-state index contributed by atoms with van der Waals surface area (Å²) in [5, 5.41) is 6.40. The van der Waals surface area contributed by atoms with Crippen LogP contribution < -0.4 is 10.6 Å². The zero-order valence-electron chi connectivity index (χ0n) is 12.7. The molecule has 0 heterocycles. The van der Waals surface area contributed by atoms with Crippen LogP contribution in [0.1, 0.15) is 56.3 Å². The Bertz CT molecular complexity index is 435. The SMILES string of the molecule is CCCNc1ccc(C(=O)NCC2(CCC)CC2)cc1. The van der Waals surface area contributed by atoms with Crippen molar-refractivity contribution in [2.24, 2.45) is 5.41 Å². The first-order chi connectivity index (χ1) is 9.69. The Morgan fingerprint density at radius 3 is 2.40 bits per heavy atom. The second-order valence-electron chi connectivity index (χ2n) is 5.94. The molecule has 1 amide bonds. The van der Waals surface area contributed by atoms with Crippen LogP contribution in [0.3, 0.4) is 0 Å². The van der Waals surface area contributed by atoms with E-state index in [0.717, 1.165) is 30.8 Å². The van der Waals surface area contributed by atoms with Crippen molar-refractivity contribution < 1.29 is 4.79 Å². The highest BCUT2D eigenvalue weighted by atomic mass is 16.1. The van der Waals surface area contributed by atoms with E-state index in [1.54, 1.807) is 0 Å². The minimum absolute atomic E-state index is 0.0504. The molecule has 0 atom stereocenters. The lowest BCUT2D eigenvalue weighted by atomic mass is 10.0. The summed E-state index contributed by atoms with van der Waals surface area (Å²) >= 11 is 0. The van der Waals surface area contributed by atoms with Crippen molar-refractivity contribution >= 4 is 11.6 Å². The molecule has 20 heavy (non-hydrogen) atoms. The molecule has 1 fully saturated rings. The van der Waals surface area contributed by atoms with Gasteiger partial charge in [-0.15, -0.1) is 0 Å². The average Bonchev–Trinajstić information content (AvgIpc) is 3.24. The normalized spacial score (nSPS) is 15.7. The van der Waals surface area contributed by atoms with Crippen LogP contribution in [0.4, 0.5) is 5.69 Å². The monoisotopic (exact) mass is 274 g/mol. The third kappa shape index (κ3) is 3.99. The molecule has 3 heteroatoms. The summed E-state index contributed by atoms with van der Waals surface area (Å²) in [7, 11) is 0. The van der Waals surface area contributed by atoms with Crippen molar-refractivity contribution in [3.63, 3.8) is 0 Å². The van der Waals surface area contributed by atoms with Gasteiger partial charge in [0.2, 0.25) is 0 Å². The highest BCUT2D eigenvalue weighted by Crippen LogP contribution is 2.48. The van der Waals surface area contributed by atoms with Gasteiger partial charge in [0.25, 0.3) is 5.91 Å². The van der Waals surface area contributed by atoms with Gasteiger partial charge in [-0.25, -0.2) is 0 Å². The maximum absolute atomic E-state index is 12.1. The Morgan fingerprint density at radius 2 is 1.85 bits per heavy atom. The van der Waals surface area contributed by atoms with Gasteiger partial charge in [0.15, 0.2) is 0 Å². The number of amides is 1. The molecule has 2 N–H and O–H groups in total. The van der Waals surface area contributed by atoms with Gasteiger partial charge in [0.05, 0.1) is 0 Å². The molecule has 2 rings (SSSR count). The molecule has 1 aliphatic carbocycles. The van der Waals surface area contributed by atoms with Crippen LogP contribution >= 0.6 is 0 Å². The number of benzene rings is 1. The standard InChI is InChI=1S/C17H26N2O/c1-3-9-17(10-11-17)13-19-16(20)14-5-7-15(8-6-14)18-12-4-2/h5-8,18H,3-4,9-13H2,1-2H3,(H,19,20). The lowest BCUT2D eigenvalue weighted by Crippen LogP contribution is -2.30. The molecular weight excluding hydrogens is 248 g/mol. The molecule has 0 aliphatic heterocycles. The van der Waals surface area contributed by atoms with E-state index in [9.17, 15) is 4.79 Å². The zero-order valence-corrected chi connectivity index (χ0v) is 12.7. The number of carbonyl (C=O) groups excluding carboxylic acids is 1. The molecule has 0 bridgehead atoms. The summed E-state index contributed by atoms with van der Waals surface area (Å²) in [4.78, 5) is 12.1. The zero-order chi connectivity index (χ0) is 14.4. The van der Waals surface area contributed by atoms with Gasteiger partial charge in [0, 0.05) is 24.3 Å². The first-order valence-electron chi connectivity index (χ1n) is 7.81. The Hall–Kier alpha value is -1.51. The number of carbonyl (C=O) groups is 1. The molecule has 110 valence electrons. The molecule has 0 unspecified atom stereocenters. The summed E-state index contributed by atoms with van der Waals surface area (Å²) in [5.74, 6) is 0.0504. The van der Waals surface area contributed by atoms with Crippen LogP contribution in [0.2, 0.25) is 0 Å². The van der Waals surface area contributed by atoms with Crippen molar-refractivity contribution in [1.82, 2.24) is 5.32 Å². The number of hydrogen-bond acceptors (Lipinski definition) is 2. The highest BCUT2D eigenvalue weighted by Gasteiger charge is 2.41. The van der Waals surface area contributed by atoms with Crippen molar-refractivity contribution in [2.75, 3.05) is 18.4 Å². The number of rotatable bonds is 8. The van der Waals surface area contributed by atoms with Gasteiger partial charge < -0.3 is 10.6 Å². The fraction of sp³-hybridized carbons (Fsp3) is 0.588. The maximum atomic E-state index is 12.1. The second-order valence-corrected chi connectivity index (χ2v) is 5.94. The van der Waals surface area contributed by atoms with Gasteiger partial charge in [-0.3, -0.25) is 4.79 Å². The van der Waals surface area contributed by atoms with Crippen molar-refractivity contribution in [2.45, 2.75) is 46.0 Å². The van der Waals surface area contributed by atoms with Gasteiger partial charge in [-0.05, 0) is 55.4 Å². The van der Waals surface area contributed by atoms with Crippen molar-refractivity contribution in [3.05, 3.63) is 29.8 Å². The van der Waals surface area contributed by atoms with E-state index in [1.807, 2.05) is 24.3 Å². The molecule has 1 aliphatic rings. The van der Waals surface area contributed by atoms with Gasteiger partial charge in [-0.2, -0.15) is 0 Å². The lowest BCUT2D eigenvalue weighted by molar-refractivity contribution is 0.0944. The minimum Gasteiger partial charge on any atom is -0.385 e. The van der Waals surface area contributed by atoms with Gasteiger partial charge >= 0.3 is 0 Å². The van der Waals surface area contributed by atoms with E-state index >= 15 is 0 Å². The third-order valence-electron chi connectivity index (χ3n) is 4.09. The van der Waals surface area contributed by atoms with Gasteiger partial charge in [-0.1, -0.05) is 20.3 Å². The van der Waals surface area contributed by atoms with Crippen LogP contribution in [-0.2, 0) is 0 Å². The number of hydrogen-bond donors (Lipinski definition) is 2. The highest BCUT2D eigenvalue weighted by molar-refractivity contribution is 5.94. The molecular formula is C17H26N2O. The fourth-order valence-electron chi connectivity index (χ4n) is 2.60. The van der Waals surface area contributed by atoms with Crippen LogP contribution in [0.25, 0.3) is 0 Å². The Balaban J connectivity index is 1.83. The Labute approximate surface area is 122 Å². The summed E-state index contributed by atoms with van der Waals surface area (Å²) in [6.45, 7) is 6.14. The summed E-state index contributed by atoms with van der Waals surface area (Å²) in [6.07, 6.45) is 6.06. The third-order valence-corrected chi connectivity index (χ3v) is 4.09. The van der Waals surface area contributed by atoms with Crippen LogP contribution in [0, 0.1) is 5.41 Å². The molecule has 1 saturated carbocycles. The van der Waals surface area contributed by atoms with Crippen LogP contribution in [-0.4, -0.2) is 19.0 Å². The van der Waals surface area contributed by atoms with Crippen molar-refractivity contribution in [1.29, 1.82) is 0 Å². The number of anilines is 1. The minimum atomic E-state index is 0.0504. The van der Waals surface area contributed by atoms with E-state index < -0.39 is 0 Å². The molecule has 1 aromatic carbocycles. The molecule has 0 saturated heterocycles. The predicted octanol–water partition coefficient (Wildman–Crippen LogP) is 3.82. The van der Waals surface area contributed by atoms with E-state index in [1.165, 1.54) is 25.7 Å². The fourth-order valence-corrected chi connectivity index (χ4v) is 2.60. The Morgan fingerprint density at radius 1 is 1.15 bits per heavy atom. The molecule has 0 radical (unpaired) electrons. The van der Waals surface area contributed by atoms with Gasteiger partial charge in [0.1, 0.15) is 0 Å². The summed E-state index contributed by atoms with van der Waals surface area (Å²) in [6, 6.07) is 7.74. The first kappa shape index (κ1) is 14.9. The smallest absolute Gasteiger partial charge is 0.251 e. The van der Waals surface area contributed by atoms with Crippen molar-refractivity contribution in [3.8, 4) is 0 Å². The summed E-state index contributed by atoms with van der Waals surface area (Å²) in [5.41, 5.74) is 2.24. The molecule has 0 aromatic heterocycles. The predicted molar refractivity (Wildman–Crippen MR) is 84.1 cm³/mol.